The lowest BCUT2D eigenvalue weighted by Gasteiger charge is -2.26. The lowest BCUT2D eigenvalue weighted by molar-refractivity contribution is -0.144. The minimum atomic E-state index is -1.23. The van der Waals surface area contributed by atoms with Gasteiger partial charge in [0.15, 0.2) is 0 Å². The Morgan fingerprint density at radius 2 is 1.95 bits per heavy atom. The zero-order valence-corrected chi connectivity index (χ0v) is 12.9. The zero-order valence-electron chi connectivity index (χ0n) is 12.9. The topological polar surface area (TPSA) is 108 Å². The number of amides is 3. The third-order valence-electron chi connectivity index (χ3n) is 3.87. The number of aliphatic carboxylic acids is 1. The van der Waals surface area contributed by atoms with Crippen LogP contribution in [0.1, 0.15) is 46.5 Å². The molecular weight excluding hydrogens is 274 g/mol. The van der Waals surface area contributed by atoms with Crippen molar-refractivity contribution in [3.05, 3.63) is 0 Å². The summed E-state index contributed by atoms with van der Waals surface area (Å²) in [5.41, 5.74) is -1.23. The molecule has 1 fully saturated rings. The number of carbonyl (C=O) groups is 3. The van der Waals surface area contributed by atoms with E-state index in [0.29, 0.717) is 0 Å². The van der Waals surface area contributed by atoms with E-state index in [0.717, 1.165) is 19.3 Å². The first kappa shape index (κ1) is 17.3. The van der Waals surface area contributed by atoms with E-state index in [1.807, 2.05) is 13.8 Å². The third-order valence-corrected chi connectivity index (χ3v) is 3.87. The minimum Gasteiger partial charge on any atom is -0.480 e. The van der Waals surface area contributed by atoms with E-state index < -0.39 is 17.5 Å². The average Bonchev–Trinajstić information content (AvgIpc) is 3.22. The van der Waals surface area contributed by atoms with Gasteiger partial charge in [-0.2, -0.15) is 0 Å². The molecule has 0 aliphatic heterocycles. The van der Waals surface area contributed by atoms with Gasteiger partial charge in [0, 0.05) is 19.0 Å². The molecule has 0 spiro atoms. The van der Waals surface area contributed by atoms with E-state index in [4.69, 9.17) is 0 Å². The Morgan fingerprint density at radius 3 is 2.43 bits per heavy atom. The van der Waals surface area contributed by atoms with Gasteiger partial charge < -0.3 is 21.1 Å². The Balaban J connectivity index is 2.31. The number of urea groups is 1. The van der Waals surface area contributed by atoms with Crippen LogP contribution in [0.5, 0.6) is 0 Å². The molecule has 0 radical (unpaired) electrons. The molecule has 4 N–H and O–H groups in total. The molecule has 1 aliphatic rings. The first-order valence-corrected chi connectivity index (χ1v) is 7.38. The monoisotopic (exact) mass is 299 g/mol. The van der Waals surface area contributed by atoms with Crippen molar-refractivity contribution in [3.63, 3.8) is 0 Å². The Labute approximate surface area is 124 Å². The van der Waals surface area contributed by atoms with E-state index >= 15 is 0 Å². The highest BCUT2D eigenvalue weighted by Crippen LogP contribution is 2.39. The molecule has 3 amide bonds. The number of carboxylic acids is 1. The maximum absolute atomic E-state index is 11.7. The van der Waals surface area contributed by atoms with Crippen LogP contribution in [0.25, 0.3) is 0 Å². The van der Waals surface area contributed by atoms with Gasteiger partial charge in [-0.1, -0.05) is 6.92 Å². The number of carboxylic acid groups (broad SMARTS) is 1. The van der Waals surface area contributed by atoms with Crippen LogP contribution in [-0.2, 0) is 9.59 Å². The first-order valence-electron chi connectivity index (χ1n) is 7.38. The highest BCUT2D eigenvalue weighted by molar-refractivity contribution is 5.86. The predicted octanol–water partition coefficient (Wildman–Crippen LogP) is 0.844. The number of hydrogen-bond donors (Lipinski definition) is 4. The van der Waals surface area contributed by atoms with Crippen LogP contribution in [-0.4, -0.2) is 41.1 Å². The molecule has 21 heavy (non-hydrogen) atoms. The fourth-order valence-corrected chi connectivity index (χ4v) is 2.01. The van der Waals surface area contributed by atoms with Crippen LogP contribution in [0.2, 0.25) is 0 Å². The normalized spacial score (nSPS) is 18.2. The van der Waals surface area contributed by atoms with Gasteiger partial charge in [-0.25, -0.2) is 9.59 Å². The van der Waals surface area contributed by atoms with Crippen LogP contribution in [0.3, 0.4) is 0 Å². The molecule has 7 heteroatoms. The minimum absolute atomic E-state index is 0.0190. The second-order valence-electron chi connectivity index (χ2n) is 5.79. The Bertz CT molecular complexity index is 409. The Hall–Kier alpha value is -1.79. The largest absolute Gasteiger partial charge is 0.480 e. The summed E-state index contributed by atoms with van der Waals surface area (Å²) < 4.78 is 0. The van der Waals surface area contributed by atoms with E-state index in [9.17, 15) is 19.5 Å². The highest BCUT2D eigenvalue weighted by atomic mass is 16.4. The van der Waals surface area contributed by atoms with Gasteiger partial charge in [0.05, 0.1) is 0 Å². The number of rotatable bonds is 8. The zero-order chi connectivity index (χ0) is 16.0. The SMILES string of the molecule is CCC(C)NC(=O)CCNC(=O)NC(C)(C(=O)O)C1CC1. The number of carbonyl (C=O) groups excluding carboxylic acids is 2. The maximum atomic E-state index is 11.7. The van der Waals surface area contributed by atoms with Crippen molar-refractivity contribution in [2.45, 2.75) is 58.0 Å². The predicted molar refractivity (Wildman–Crippen MR) is 77.8 cm³/mol. The van der Waals surface area contributed by atoms with Crippen molar-refractivity contribution in [1.82, 2.24) is 16.0 Å². The molecule has 0 aromatic heterocycles. The van der Waals surface area contributed by atoms with Gasteiger partial charge >= 0.3 is 12.0 Å². The fraction of sp³-hybridized carbons (Fsp3) is 0.786. The Morgan fingerprint density at radius 1 is 1.33 bits per heavy atom. The van der Waals surface area contributed by atoms with Gasteiger partial charge in [-0.3, -0.25) is 4.79 Å². The standard InChI is InChI=1S/C14H25N3O4/c1-4-9(2)16-11(18)7-8-15-13(21)17-14(3,12(19)20)10-5-6-10/h9-10H,4-8H2,1-3H3,(H,16,18)(H,19,20)(H2,15,17,21). The molecule has 1 aliphatic carbocycles. The van der Waals surface area contributed by atoms with Gasteiger partial charge in [0.2, 0.25) is 5.91 Å². The Kier molecular flexibility index (Phi) is 5.99. The van der Waals surface area contributed by atoms with Crippen molar-refractivity contribution in [1.29, 1.82) is 0 Å². The van der Waals surface area contributed by atoms with Gasteiger partial charge in [0.25, 0.3) is 0 Å². The molecule has 0 saturated heterocycles. The number of hydrogen-bond acceptors (Lipinski definition) is 3. The van der Waals surface area contributed by atoms with E-state index in [-0.39, 0.29) is 30.8 Å². The highest BCUT2D eigenvalue weighted by Gasteiger charge is 2.48. The molecule has 0 aromatic rings. The summed E-state index contributed by atoms with van der Waals surface area (Å²) in [6.45, 7) is 5.57. The summed E-state index contributed by atoms with van der Waals surface area (Å²) in [5, 5.41) is 17.0. The molecule has 0 heterocycles. The summed E-state index contributed by atoms with van der Waals surface area (Å²) in [7, 11) is 0. The van der Waals surface area contributed by atoms with Gasteiger partial charge in [-0.15, -0.1) is 0 Å². The van der Waals surface area contributed by atoms with Crippen LogP contribution in [0.15, 0.2) is 0 Å². The van der Waals surface area contributed by atoms with E-state index in [2.05, 4.69) is 16.0 Å². The summed E-state index contributed by atoms with van der Waals surface area (Å²) in [5.74, 6) is -1.18. The van der Waals surface area contributed by atoms with Crippen molar-refractivity contribution < 1.29 is 19.5 Å². The van der Waals surface area contributed by atoms with Crippen molar-refractivity contribution in [2.75, 3.05) is 6.54 Å². The molecule has 1 rings (SSSR count). The van der Waals surface area contributed by atoms with Crippen LogP contribution >= 0.6 is 0 Å². The van der Waals surface area contributed by atoms with Crippen molar-refractivity contribution >= 4 is 17.9 Å². The molecule has 2 unspecified atom stereocenters. The molecule has 1 saturated carbocycles. The van der Waals surface area contributed by atoms with Crippen LogP contribution in [0.4, 0.5) is 4.79 Å². The smallest absolute Gasteiger partial charge is 0.329 e. The molecular formula is C14H25N3O4. The van der Waals surface area contributed by atoms with E-state index in [1.165, 1.54) is 6.92 Å². The van der Waals surface area contributed by atoms with E-state index in [1.54, 1.807) is 0 Å². The molecule has 2 atom stereocenters. The number of nitrogens with one attached hydrogen (secondary N) is 3. The van der Waals surface area contributed by atoms with Gasteiger partial charge in [0.1, 0.15) is 5.54 Å². The lowest BCUT2D eigenvalue weighted by atomic mass is 9.96. The van der Waals surface area contributed by atoms with Crippen LogP contribution < -0.4 is 16.0 Å². The molecule has 7 nitrogen and oxygen atoms in total. The molecule has 120 valence electrons. The van der Waals surface area contributed by atoms with Gasteiger partial charge in [-0.05, 0) is 39.0 Å². The summed E-state index contributed by atoms with van der Waals surface area (Å²) in [6.07, 6.45) is 2.63. The maximum Gasteiger partial charge on any atom is 0.329 e. The summed E-state index contributed by atoms with van der Waals surface area (Å²) in [4.78, 5) is 34.5. The summed E-state index contributed by atoms with van der Waals surface area (Å²) in [6, 6.07) is -0.445. The second kappa shape index (κ2) is 7.28. The molecule has 0 aromatic carbocycles. The lowest BCUT2D eigenvalue weighted by Crippen LogP contribution is -2.57. The second-order valence-corrected chi connectivity index (χ2v) is 5.79. The fourth-order valence-electron chi connectivity index (χ4n) is 2.01. The summed E-state index contributed by atoms with van der Waals surface area (Å²) >= 11 is 0. The third kappa shape index (κ3) is 5.24. The van der Waals surface area contributed by atoms with Crippen molar-refractivity contribution in [2.24, 2.45) is 5.92 Å². The van der Waals surface area contributed by atoms with Crippen molar-refractivity contribution in [3.8, 4) is 0 Å². The van der Waals surface area contributed by atoms with Crippen LogP contribution in [0, 0.1) is 5.92 Å². The average molecular weight is 299 g/mol. The quantitative estimate of drug-likeness (QED) is 0.533. The first-order chi connectivity index (χ1) is 9.79. The molecule has 0 bridgehead atoms.